The molecule has 0 spiro atoms. The van der Waals surface area contributed by atoms with Gasteiger partial charge in [-0.15, -0.1) is 10.2 Å². The molecule has 3 aromatic rings. The molecule has 3 rings (SSSR count). The first-order valence-corrected chi connectivity index (χ1v) is 6.28. The van der Waals surface area contributed by atoms with Gasteiger partial charge in [0.05, 0.1) is 6.61 Å². The maximum atomic E-state index is 11.5. The quantitative estimate of drug-likeness (QED) is 0.683. The minimum absolute atomic E-state index is 0.130. The molecule has 2 aromatic carbocycles. The Hall–Kier alpha value is -2.69. The number of ether oxygens (including phenoxy) is 1. The molecule has 0 saturated carbocycles. The number of aromatic nitrogens is 2. The number of rotatable bonds is 3. The van der Waals surface area contributed by atoms with Gasteiger partial charge in [0.15, 0.2) is 0 Å². The summed E-state index contributed by atoms with van der Waals surface area (Å²) in [6.45, 7) is 1.99. The van der Waals surface area contributed by atoms with Crippen LogP contribution in [0, 0.1) is 0 Å². The first kappa shape index (κ1) is 12.3. The molecular formula is C15H12N2O3. The smallest absolute Gasteiger partial charge is 0.396 e. The second-order valence-corrected chi connectivity index (χ2v) is 4.16. The fourth-order valence-corrected chi connectivity index (χ4v) is 2.02. The van der Waals surface area contributed by atoms with E-state index in [1.807, 2.05) is 42.5 Å². The molecule has 5 nitrogen and oxygen atoms in total. The minimum atomic E-state index is -0.605. The van der Waals surface area contributed by atoms with Crippen LogP contribution in [0.2, 0.25) is 0 Å². The van der Waals surface area contributed by atoms with Gasteiger partial charge in [-0.1, -0.05) is 36.4 Å². The molecule has 0 fully saturated rings. The van der Waals surface area contributed by atoms with Gasteiger partial charge in [0.2, 0.25) is 5.89 Å². The van der Waals surface area contributed by atoms with Crippen LogP contribution >= 0.6 is 0 Å². The highest BCUT2D eigenvalue weighted by molar-refractivity contribution is 5.95. The van der Waals surface area contributed by atoms with Crippen LogP contribution in [0.15, 0.2) is 46.9 Å². The van der Waals surface area contributed by atoms with Gasteiger partial charge in [-0.25, -0.2) is 4.79 Å². The Kier molecular flexibility index (Phi) is 3.16. The van der Waals surface area contributed by atoms with Crippen molar-refractivity contribution >= 4 is 16.7 Å². The summed E-state index contributed by atoms with van der Waals surface area (Å²) in [5.74, 6) is -0.425. The molecule has 0 saturated heterocycles. The molecule has 1 heterocycles. The third-order valence-corrected chi connectivity index (χ3v) is 2.90. The number of hydrogen-bond acceptors (Lipinski definition) is 5. The van der Waals surface area contributed by atoms with E-state index in [0.29, 0.717) is 5.89 Å². The van der Waals surface area contributed by atoms with Crippen molar-refractivity contribution in [2.45, 2.75) is 6.92 Å². The number of carbonyl (C=O) groups excluding carboxylic acids is 1. The van der Waals surface area contributed by atoms with Gasteiger partial charge >= 0.3 is 11.9 Å². The van der Waals surface area contributed by atoms with Gasteiger partial charge < -0.3 is 9.15 Å². The maximum Gasteiger partial charge on any atom is 0.396 e. The molecule has 0 radical (unpaired) electrons. The van der Waals surface area contributed by atoms with E-state index in [2.05, 4.69) is 10.2 Å². The van der Waals surface area contributed by atoms with Crippen LogP contribution in [0.5, 0.6) is 0 Å². The second-order valence-electron chi connectivity index (χ2n) is 4.16. The highest BCUT2D eigenvalue weighted by atomic mass is 16.5. The molecule has 0 aliphatic rings. The summed E-state index contributed by atoms with van der Waals surface area (Å²) < 4.78 is 10.2. The topological polar surface area (TPSA) is 65.2 Å². The molecule has 0 aliphatic carbocycles. The standard InChI is InChI=1S/C15H12N2O3/c1-2-19-15(18)14-17-16-13(20-14)12-9-5-7-10-6-3-4-8-11(10)12/h3-9H,2H2,1H3. The van der Waals surface area contributed by atoms with Crippen LogP contribution in [0.1, 0.15) is 17.6 Å². The molecule has 0 amide bonds. The Bertz CT molecular complexity index is 759. The summed E-state index contributed by atoms with van der Waals surface area (Å²) in [6, 6.07) is 13.7. The van der Waals surface area contributed by atoms with E-state index in [0.717, 1.165) is 16.3 Å². The van der Waals surface area contributed by atoms with Crippen LogP contribution in [-0.2, 0) is 4.74 Å². The summed E-state index contributed by atoms with van der Waals surface area (Å²) in [7, 11) is 0. The Morgan fingerprint density at radius 3 is 2.80 bits per heavy atom. The Labute approximate surface area is 115 Å². The molecular weight excluding hydrogens is 256 g/mol. The lowest BCUT2D eigenvalue weighted by atomic mass is 10.0. The van der Waals surface area contributed by atoms with Crippen molar-refractivity contribution < 1.29 is 13.9 Å². The molecule has 0 bridgehead atoms. The van der Waals surface area contributed by atoms with Gasteiger partial charge in [0.1, 0.15) is 0 Å². The van der Waals surface area contributed by atoms with Crippen molar-refractivity contribution in [1.29, 1.82) is 0 Å². The zero-order chi connectivity index (χ0) is 13.9. The average Bonchev–Trinajstić information content (AvgIpc) is 2.97. The highest BCUT2D eigenvalue weighted by Crippen LogP contribution is 2.27. The minimum Gasteiger partial charge on any atom is -0.459 e. The average molecular weight is 268 g/mol. The van der Waals surface area contributed by atoms with E-state index in [1.165, 1.54) is 0 Å². The Balaban J connectivity index is 2.06. The van der Waals surface area contributed by atoms with Crippen LogP contribution in [0.3, 0.4) is 0 Å². The normalized spacial score (nSPS) is 10.7. The number of nitrogens with zero attached hydrogens (tertiary/aromatic N) is 2. The summed E-state index contributed by atoms with van der Waals surface area (Å²) in [5.41, 5.74) is 0.797. The lowest BCUT2D eigenvalue weighted by Crippen LogP contribution is -2.04. The molecule has 100 valence electrons. The van der Waals surface area contributed by atoms with Gasteiger partial charge in [-0.3, -0.25) is 0 Å². The lowest BCUT2D eigenvalue weighted by Gasteiger charge is -2.01. The number of fused-ring (bicyclic) bond motifs is 1. The number of esters is 1. The maximum absolute atomic E-state index is 11.5. The van der Waals surface area contributed by atoms with Crippen molar-refractivity contribution in [3.63, 3.8) is 0 Å². The Morgan fingerprint density at radius 2 is 1.95 bits per heavy atom. The summed E-state index contributed by atoms with van der Waals surface area (Å²) in [5, 5.41) is 9.71. The zero-order valence-corrected chi connectivity index (χ0v) is 10.9. The number of benzene rings is 2. The highest BCUT2D eigenvalue weighted by Gasteiger charge is 2.17. The van der Waals surface area contributed by atoms with Crippen LogP contribution < -0.4 is 0 Å². The van der Waals surface area contributed by atoms with Crippen molar-refractivity contribution in [1.82, 2.24) is 10.2 Å². The summed E-state index contributed by atoms with van der Waals surface area (Å²) in [4.78, 5) is 11.5. The first-order chi connectivity index (χ1) is 9.79. The van der Waals surface area contributed by atoms with E-state index in [9.17, 15) is 4.79 Å². The predicted molar refractivity (Wildman–Crippen MR) is 73.2 cm³/mol. The fourth-order valence-electron chi connectivity index (χ4n) is 2.02. The summed E-state index contributed by atoms with van der Waals surface area (Å²) >= 11 is 0. The first-order valence-electron chi connectivity index (χ1n) is 6.28. The SMILES string of the molecule is CCOC(=O)c1nnc(-c2cccc3ccccc23)o1. The van der Waals surface area contributed by atoms with Gasteiger partial charge in [0.25, 0.3) is 0 Å². The molecule has 0 aliphatic heterocycles. The van der Waals surface area contributed by atoms with Crippen molar-refractivity contribution in [2.75, 3.05) is 6.61 Å². The number of hydrogen-bond donors (Lipinski definition) is 0. The molecule has 0 unspecified atom stereocenters. The van der Waals surface area contributed by atoms with E-state index < -0.39 is 5.97 Å². The molecule has 1 aromatic heterocycles. The van der Waals surface area contributed by atoms with E-state index in [1.54, 1.807) is 6.92 Å². The van der Waals surface area contributed by atoms with E-state index >= 15 is 0 Å². The monoisotopic (exact) mass is 268 g/mol. The summed E-state index contributed by atoms with van der Waals surface area (Å²) in [6.07, 6.45) is 0. The fraction of sp³-hybridized carbons (Fsp3) is 0.133. The number of carbonyl (C=O) groups is 1. The largest absolute Gasteiger partial charge is 0.459 e. The van der Waals surface area contributed by atoms with E-state index in [-0.39, 0.29) is 12.5 Å². The zero-order valence-electron chi connectivity index (χ0n) is 10.9. The molecule has 0 N–H and O–H groups in total. The third-order valence-electron chi connectivity index (χ3n) is 2.90. The molecule has 0 atom stereocenters. The van der Waals surface area contributed by atoms with Gasteiger partial charge in [-0.05, 0) is 23.8 Å². The van der Waals surface area contributed by atoms with Crippen molar-refractivity contribution in [3.8, 4) is 11.5 Å². The Morgan fingerprint density at radius 1 is 1.15 bits per heavy atom. The van der Waals surface area contributed by atoms with E-state index in [4.69, 9.17) is 9.15 Å². The van der Waals surface area contributed by atoms with Gasteiger partial charge in [-0.2, -0.15) is 0 Å². The van der Waals surface area contributed by atoms with Crippen molar-refractivity contribution in [2.24, 2.45) is 0 Å². The predicted octanol–water partition coefficient (Wildman–Crippen LogP) is 3.07. The lowest BCUT2D eigenvalue weighted by molar-refractivity contribution is 0.0481. The van der Waals surface area contributed by atoms with Gasteiger partial charge in [0, 0.05) is 5.56 Å². The molecule has 20 heavy (non-hydrogen) atoms. The second kappa shape index (κ2) is 5.13. The molecule has 5 heteroatoms. The third kappa shape index (κ3) is 2.14. The van der Waals surface area contributed by atoms with Crippen LogP contribution in [-0.4, -0.2) is 22.8 Å². The van der Waals surface area contributed by atoms with Crippen LogP contribution in [0.4, 0.5) is 0 Å². The van der Waals surface area contributed by atoms with Crippen molar-refractivity contribution in [3.05, 3.63) is 48.4 Å². The van der Waals surface area contributed by atoms with Crippen LogP contribution in [0.25, 0.3) is 22.2 Å².